The minimum Gasteiger partial charge on any atom is -0.493 e. The summed E-state index contributed by atoms with van der Waals surface area (Å²) in [6, 6.07) is 12.7. The molecule has 1 heterocycles. The van der Waals surface area contributed by atoms with Crippen molar-refractivity contribution < 1.29 is 14.3 Å². The third kappa shape index (κ3) is 2.53. The Hall–Kier alpha value is -2.53. The number of anilines is 1. The van der Waals surface area contributed by atoms with Crippen LogP contribution in [0.1, 0.15) is 17.2 Å². The molecule has 1 saturated heterocycles. The van der Waals surface area contributed by atoms with Gasteiger partial charge >= 0.3 is 0 Å². The number of carbonyl (C=O) groups is 1. The summed E-state index contributed by atoms with van der Waals surface area (Å²) in [5, 5.41) is 0. The number of methoxy groups -OCH3 is 2. The number of rotatable bonds is 4. The van der Waals surface area contributed by atoms with Crippen LogP contribution in [0, 0.1) is 6.92 Å². The minimum atomic E-state index is -0.547. The fraction of sp³-hybridized carbons (Fsp3) is 0.278. The number of nitrogens with two attached hydrogens (primary N) is 1. The average Bonchev–Trinajstić information content (AvgIpc) is 2.59. The van der Waals surface area contributed by atoms with Gasteiger partial charge in [0.2, 0.25) is 5.91 Å². The second-order valence-corrected chi connectivity index (χ2v) is 5.63. The molecule has 1 fully saturated rings. The average molecular weight is 312 g/mol. The van der Waals surface area contributed by atoms with E-state index in [1.54, 1.807) is 19.1 Å². The number of hydrogen-bond acceptors (Lipinski definition) is 4. The van der Waals surface area contributed by atoms with Crippen LogP contribution in [0.15, 0.2) is 42.5 Å². The van der Waals surface area contributed by atoms with E-state index in [4.69, 9.17) is 15.2 Å². The molecule has 0 spiro atoms. The lowest BCUT2D eigenvalue weighted by Gasteiger charge is -2.45. The molecule has 3 rings (SSSR count). The van der Waals surface area contributed by atoms with Gasteiger partial charge in [0.15, 0.2) is 11.5 Å². The van der Waals surface area contributed by atoms with Crippen LogP contribution >= 0.6 is 0 Å². The van der Waals surface area contributed by atoms with E-state index in [1.807, 2.05) is 49.4 Å². The first kappa shape index (κ1) is 15.4. The summed E-state index contributed by atoms with van der Waals surface area (Å²) in [6.07, 6.45) is 0. The Bertz CT molecular complexity index is 728. The van der Waals surface area contributed by atoms with Crippen molar-refractivity contribution in [2.24, 2.45) is 5.73 Å². The number of amides is 1. The minimum absolute atomic E-state index is 0.0753. The first-order chi connectivity index (χ1) is 11.1. The van der Waals surface area contributed by atoms with Gasteiger partial charge in [-0.05, 0) is 36.8 Å². The molecule has 2 N–H and O–H groups in total. The van der Waals surface area contributed by atoms with Crippen molar-refractivity contribution in [2.75, 3.05) is 19.1 Å². The van der Waals surface area contributed by atoms with E-state index < -0.39 is 6.04 Å². The molecule has 0 saturated carbocycles. The van der Waals surface area contributed by atoms with E-state index in [-0.39, 0.29) is 11.9 Å². The Morgan fingerprint density at radius 3 is 2.26 bits per heavy atom. The van der Waals surface area contributed by atoms with Crippen LogP contribution in [-0.4, -0.2) is 26.2 Å². The molecule has 5 nitrogen and oxygen atoms in total. The molecule has 2 aromatic carbocycles. The molecule has 0 aliphatic carbocycles. The van der Waals surface area contributed by atoms with Gasteiger partial charge in [0, 0.05) is 5.69 Å². The van der Waals surface area contributed by atoms with Crippen LogP contribution in [0.3, 0.4) is 0 Å². The van der Waals surface area contributed by atoms with Crippen molar-refractivity contribution in [1.82, 2.24) is 0 Å². The third-order valence-electron chi connectivity index (χ3n) is 4.20. The Balaban J connectivity index is 1.97. The van der Waals surface area contributed by atoms with E-state index >= 15 is 0 Å². The Kier molecular flexibility index (Phi) is 3.96. The monoisotopic (exact) mass is 312 g/mol. The molecular formula is C18H20N2O3. The fourth-order valence-corrected chi connectivity index (χ4v) is 2.90. The lowest BCUT2D eigenvalue weighted by Crippen LogP contribution is -2.63. The van der Waals surface area contributed by atoms with Crippen LogP contribution in [0.25, 0.3) is 0 Å². The molecule has 2 atom stereocenters. The lowest BCUT2D eigenvalue weighted by atomic mass is 9.88. The van der Waals surface area contributed by atoms with Crippen molar-refractivity contribution in [3.8, 4) is 11.5 Å². The molecule has 2 aromatic rings. The second-order valence-electron chi connectivity index (χ2n) is 5.63. The molecule has 1 aliphatic heterocycles. The standard InChI is InChI=1S/C18H20N2O3/c1-11-4-7-13(8-5-11)20-17(16(19)18(20)21)12-6-9-14(22-2)15(10-12)23-3/h4-10,16-17H,19H2,1-3H3/t16-,17-/m1/s1. The van der Waals surface area contributed by atoms with Crippen LogP contribution in [0.2, 0.25) is 0 Å². The van der Waals surface area contributed by atoms with Crippen molar-refractivity contribution in [2.45, 2.75) is 19.0 Å². The number of ether oxygens (including phenoxy) is 2. The highest BCUT2D eigenvalue weighted by Gasteiger charge is 2.46. The van der Waals surface area contributed by atoms with Gasteiger partial charge in [0.25, 0.3) is 0 Å². The quantitative estimate of drug-likeness (QED) is 0.881. The summed E-state index contributed by atoms with van der Waals surface area (Å²) >= 11 is 0. The molecule has 23 heavy (non-hydrogen) atoms. The summed E-state index contributed by atoms with van der Waals surface area (Å²) in [5.41, 5.74) is 8.98. The van der Waals surface area contributed by atoms with E-state index in [1.165, 1.54) is 0 Å². The first-order valence-electron chi connectivity index (χ1n) is 7.44. The molecule has 120 valence electrons. The summed E-state index contributed by atoms with van der Waals surface area (Å²) in [6.45, 7) is 2.01. The molecule has 5 heteroatoms. The van der Waals surface area contributed by atoms with Crippen LogP contribution < -0.4 is 20.1 Å². The molecule has 1 amide bonds. The van der Waals surface area contributed by atoms with E-state index in [0.29, 0.717) is 11.5 Å². The Morgan fingerprint density at radius 2 is 1.65 bits per heavy atom. The first-order valence-corrected chi connectivity index (χ1v) is 7.44. The predicted molar refractivity (Wildman–Crippen MR) is 88.9 cm³/mol. The van der Waals surface area contributed by atoms with Gasteiger partial charge in [-0.15, -0.1) is 0 Å². The van der Waals surface area contributed by atoms with Crippen molar-refractivity contribution in [3.63, 3.8) is 0 Å². The smallest absolute Gasteiger partial charge is 0.247 e. The number of hydrogen-bond donors (Lipinski definition) is 1. The van der Waals surface area contributed by atoms with Gasteiger partial charge in [-0.2, -0.15) is 0 Å². The third-order valence-corrected chi connectivity index (χ3v) is 4.20. The summed E-state index contributed by atoms with van der Waals surface area (Å²) in [7, 11) is 3.18. The summed E-state index contributed by atoms with van der Waals surface area (Å²) in [4.78, 5) is 14.0. The summed E-state index contributed by atoms with van der Waals surface area (Å²) in [5.74, 6) is 1.20. The maximum Gasteiger partial charge on any atom is 0.247 e. The molecular weight excluding hydrogens is 292 g/mol. The Morgan fingerprint density at radius 1 is 1.00 bits per heavy atom. The highest BCUT2D eigenvalue weighted by molar-refractivity contribution is 6.05. The highest BCUT2D eigenvalue weighted by atomic mass is 16.5. The lowest BCUT2D eigenvalue weighted by molar-refractivity contribution is -0.126. The van der Waals surface area contributed by atoms with Gasteiger partial charge in [-0.25, -0.2) is 0 Å². The van der Waals surface area contributed by atoms with Crippen molar-refractivity contribution in [3.05, 3.63) is 53.6 Å². The van der Waals surface area contributed by atoms with Crippen molar-refractivity contribution >= 4 is 11.6 Å². The summed E-state index contributed by atoms with van der Waals surface area (Å²) < 4.78 is 10.6. The SMILES string of the molecule is COc1ccc([C@@H]2[C@@H](N)C(=O)N2c2ccc(C)cc2)cc1OC. The van der Waals surface area contributed by atoms with Gasteiger partial charge in [0.1, 0.15) is 6.04 Å². The maximum absolute atomic E-state index is 12.3. The second kappa shape index (κ2) is 5.93. The largest absolute Gasteiger partial charge is 0.493 e. The maximum atomic E-state index is 12.3. The number of carbonyl (C=O) groups excluding carboxylic acids is 1. The highest BCUT2D eigenvalue weighted by Crippen LogP contribution is 2.40. The molecule has 0 aromatic heterocycles. The van der Waals surface area contributed by atoms with Gasteiger partial charge in [-0.1, -0.05) is 23.8 Å². The molecule has 0 unspecified atom stereocenters. The number of β-lactam (4-membered cyclic amide) rings is 1. The number of nitrogens with zero attached hydrogens (tertiary/aromatic N) is 1. The molecule has 1 aliphatic rings. The molecule has 0 bridgehead atoms. The number of benzene rings is 2. The number of aryl methyl sites for hydroxylation is 1. The van der Waals surface area contributed by atoms with Crippen LogP contribution in [0.4, 0.5) is 5.69 Å². The van der Waals surface area contributed by atoms with Gasteiger partial charge in [-0.3, -0.25) is 4.79 Å². The van der Waals surface area contributed by atoms with Crippen LogP contribution in [-0.2, 0) is 4.79 Å². The zero-order valence-corrected chi connectivity index (χ0v) is 13.4. The van der Waals surface area contributed by atoms with E-state index in [2.05, 4.69) is 0 Å². The zero-order valence-electron chi connectivity index (χ0n) is 13.4. The van der Waals surface area contributed by atoms with E-state index in [9.17, 15) is 4.79 Å². The van der Waals surface area contributed by atoms with E-state index in [0.717, 1.165) is 16.8 Å². The normalized spacial score (nSPS) is 20.2. The van der Waals surface area contributed by atoms with Crippen LogP contribution in [0.5, 0.6) is 11.5 Å². The van der Waals surface area contributed by atoms with Crippen molar-refractivity contribution in [1.29, 1.82) is 0 Å². The molecule has 0 radical (unpaired) electrons. The zero-order chi connectivity index (χ0) is 16.6. The Labute approximate surface area is 135 Å². The predicted octanol–water partition coefficient (Wildman–Crippen LogP) is 2.43. The topological polar surface area (TPSA) is 64.8 Å². The van der Waals surface area contributed by atoms with Gasteiger partial charge in [0.05, 0.1) is 20.3 Å². The van der Waals surface area contributed by atoms with Gasteiger partial charge < -0.3 is 20.1 Å². The fourth-order valence-electron chi connectivity index (χ4n) is 2.90.